The van der Waals surface area contributed by atoms with E-state index in [4.69, 9.17) is 21.4 Å². The van der Waals surface area contributed by atoms with Gasteiger partial charge in [0, 0.05) is 12.1 Å². The monoisotopic (exact) mass is 312 g/mol. The second kappa shape index (κ2) is 5.71. The molecule has 0 aliphatic rings. The van der Waals surface area contributed by atoms with Crippen LogP contribution in [0.2, 0.25) is 5.02 Å². The Hall–Kier alpha value is -2.74. The summed E-state index contributed by atoms with van der Waals surface area (Å²) in [6.07, 6.45) is 0. The summed E-state index contributed by atoms with van der Waals surface area (Å²) in [5, 5.41) is 19.5. The molecule has 0 spiro atoms. The van der Waals surface area contributed by atoms with E-state index in [0.717, 1.165) is 18.2 Å². The molecule has 1 heterocycles. The highest BCUT2D eigenvalue weighted by atomic mass is 35.5. The fourth-order valence-corrected chi connectivity index (χ4v) is 1.54. The lowest BCUT2D eigenvalue weighted by atomic mass is 10.3. The first-order valence-electron chi connectivity index (χ1n) is 5.40. The van der Waals surface area contributed by atoms with Crippen molar-refractivity contribution in [1.82, 2.24) is 4.98 Å². The highest BCUT2D eigenvalue weighted by Gasteiger charge is 2.21. The highest BCUT2D eigenvalue weighted by Crippen LogP contribution is 2.31. The molecule has 1 aromatic carbocycles. The Morgan fingerprint density at radius 1 is 1.38 bits per heavy atom. The molecule has 0 bridgehead atoms. The first-order chi connectivity index (χ1) is 9.88. The van der Waals surface area contributed by atoms with Gasteiger partial charge in [0.1, 0.15) is 11.6 Å². The molecule has 0 amide bonds. The minimum Gasteiger partial charge on any atom is -0.477 e. The van der Waals surface area contributed by atoms with E-state index in [9.17, 15) is 19.3 Å². The first kappa shape index (κ1) is 14.7. The average Bonchev–Trinajstić information content (AvgIpc) is 2.42. The van der Waals surface area contributed by atoms with E-state index in [2.05, 4.69) is 4.98 Å². The van der Waals surface area contributed by atoms with Gasteiger partial charge >= 0.3 is 11.7 Å². The van der Waals surface area contributed by atoms with Gasteiger partial charge in [-0.3, -0.25) is 10.1 Å². The molecule has 0 aliphatic heterocycles. The van der Waals surface area contributed by atoms with E-state index in [0.29, 0.717) is 0 Å². The standard InChI is InChI=1S/C12H6ClFN2O5/c13-7-2-1-6(5-8(7)14)21-11-10(16(19)20)4-3-9(15-11)12(17)18/h1-5H,(H,17,18). The number of nitrogens with zero attached hydrogens (tertiary/aromatic N) is 2. The molecule has 2 rings (SSSR count). The number of aromatic nitrogens is 1. The minimum absolute atomic E-state index is 0.102. The van der Waals surface area contributed by atoms with Gasteiger partial charge in [0.15, 0.2) is 5.69 Å². The Balaban J connectivity index is 2.45. The lowest BCUT2D eigenvalue weighted by molar-refractivity contribution is -0.386. The minimum atomic E-state index is -1.38. The Morgan fingerprint density at radius 3 is 2.67 bits per heavy atom. The molecule has 0 aliphatic carbocycles. The Labute approximate surface area is 121 Å². The molecule has 1 N–H and O–H groups in total. The molecule has 9 heteroatoms. The van der Waals surface area contributed by atoms with Crippen LogP contribution in [0.1, 0.15) is 10.5 Å². The van der Waals surface area contributed by atoms with Crippen LogP contribution < -0.4 is 4.74 Å². The maximum absolute atomic E-state index is 13.3. The zero-order valence-corrected chi connectivity index (χ0v) is 10.9. The van der Waals surface area contributed by atoms with E-state index >= 15 is 0 Å². The zero-order valence-electron chi connectivity index (χ0n) is 10.1. The van der Waals surface area contributed by atoms with Crippen molar-refractivity contribution in [2.24, 2.45) is 0 Å². The molecule has 108 valence electrons. The third kappa shape index (κ3) is 3.23. The molecule has 0 unspecified atom stereocenters. The summed E-state index contributed by atoms with van der Waals surface area (Å²) in [6.45, 7) is 0. The van der Waals surface area contributed by atoms with Gasteiger partial charge in [-0.25, -0.2) is 9.18 Å². The predicted octanol–water partition coefficient (Wildman–Crippen LogP) is 3.27. The van der Waals surface area contributed by atoms with Gasteiger partial charge in [0.05, 0.1) is 9.95 Å². The van der Waals surface area contributed by atoms with Crippen LogP contribution in [0.25, 0.3) is 0 Å². The van der Waals surface area contributed by atoms with E-state index in [1.807, 2.05) is 0 Å². The van der Waals surface area contributed by atoms with E-state index in [1.54, 1.807) is 0 Å². The zero-order chi connectivity index (χ0) is 15.6. The second-order valence-electron chi connectivity index (χ2n) is 3.76. The molecule has 0 atom stereocenters. The number of rotatable bonds is 4. The Morgan fingerprint density at radius 2 is 2.10 bits per heavy atom. The van der Waals surface area contributed by atoms with Crippen molar-refractivity contribution >= 4 is 23.3 Å². The smallest absolute Gasteiger partial charge is 0.354 e. The van der Waals surface area contributed by atoms with Crippen LogP contribution >= 0.6 is 11.6 Å². The van der Waals surface area contributed by atoms with Gasteiger partial charge in [-0.15, -0.1) is 0 Å². The summed E-state index contributed by atoms with van der Waals surface area (Å²) >= 11 is 5.50. The number of hydrogen-bond acceptors (Lipinski definition) is 5. The molecule has 2 aromatic rings. The summed E-state index contributed by atoms with van der Waals surface area (Å²) in [5.41, 5.74) is -0.986. The van der Waals surface area contributed by atoms with Gasteiger partial charge in [-0.1, -0.05) is 11.6 Å². The fraction of sp³-hybridized carbons (Fsp3) is 0. The Bertz CT molecular complexity index is 738. The predicted molar refractivity (Wildman–Crippen MR) is 69.3 cm³/mol. The highest BCUT2D eigenvalue weighted by molar-refractivity contribution is 6.30. The number of carboxylic acids is 1. The third-order valence-electron chi connectivity index (χ3n) is 2.36. The fourth-order valence-electron chi connectivity index (χ4n) is 1.42. The van der Waals surface area contributed by atoms with Crippen molar-refractivity contribution in [2.45, 2.75) is 0 Å². The molecular formula is C12H6ClFN2O5. The number of pyridine rings is 1. The molecule has 0 saturated carbocycles. The van der Waals surface area contributed by atoms with Gasteiger partial charge in [-0.05, 0) is 18.2 Å². The number of hydrogen-bond donors (Lipinski definition) is 1. The number of benzene rings is 1. The first-order valence-corrected chi connectivity index (χ1v) is 5.78. The third-order valence-corrected chi connectivity index (χ3v) is 2.67. The second-order valence-corrected chi connectivity index (χ2v) is 4.17. The van der Waals surface area contributed by atoms with Crippen molar-refractivity contribution < 1.29 is 24.0 Å². The van der Waals surface area contributed by atoms with Crippen molar-refractivity contribution in [3.8, 4) is 11.6 Å². The summed E-state index contributed by atoms with van der Waals surface area (Å²) in [6, 6.07) is 5.28. The molecule has 0 fully saturated rings. The maximum atomic E-state index is 13.3. The van der Waals surface area contributed by atoms with Gasteiger partial charge in [0.2, 0.25) is 0 Å². The maximum Gasteiger partial charge on any atom is 0.354 e. The van der Waals surface area contributed by atoms with Gasteiger partial charge in [0.25, 0.3) is 5.88 Å². The van der Waals surface area contributed by atoms with E-state index < -0.39 is 34.0 Å². The van der Waals surface area contributed by atoms with Crippen molar-refractivity contribution in [3.63, 3.8) is 0 Å². The summed E-state index contributed by atoms with van der Waals surface area (Å²) in [5.74, 6) is -2.82. The topological polar surface area (TPSA) is 103 Å². The van der Waals surface area contributed by atoms with Crippen LogP contribution in [0, 0.1) is 15.9 Å². The number of ether oxygens (including phenoxy) is 1. The summed E-state index contributed by atoms with van der Waals surface area (Å²) < 4.78 is 18.4. The quantitative estimate of drug-likeness (QED) is 0.686. The largest absolute Gasteiger partial charge is 0.477 e. The molecule has 7 nitrogen and oxygen atoms in total. The number of carbonyl (C=O) groups is 1. The average molecular weight is 313 g/mol. The lowest BCUT2D eigenvalue weighted by Crippen LogP contribution is -2.04. The number of carboxylic acid groups (broad SMARTS) is 1. The molecule has 0 radical (unpaired) electrons. The number of nitro groups is 1. The van der Waals surface area contributed by atoms with Crippen molar-refractivity contribution in [3.05, 3.63) is 57.0 Å². The SMILES string of the molecule is O=C(O)c1ccc([N+](=O)[O-])c(Oc2ccc(Cl)c(F)c2)n1. The Kier molecular flexibility index (Phi) is 3.99. The van der Waals surface area contributed by atoms with Crippen molar-refractivity contribution in [2.75, 3.05) is 0 Å². The van der Waals surface area contributed by atoms with Gasteiger partial charge < -0.3 is 9.84 Å². The van der Waals surface area contributed by atoms with Crippen LogP contribution in [0.3, 0.4) is 0 Å². The van der Waals surface area contributed by atoms with Gasteiger partial charge in [-0.2, -0.15) is 4.98 Å². The van der Waals surface area contributed by atoms with Crippen molar-refractivity contribution in [1.29, 1.82) is 0 Å². The van der Waals surface area contributed by atoms with Crippen LogP contribution in [-0.2, 0) is 0 Å². The van der Waals surface area contributed by atoms with Crippen LogP contribution in [0.5, 0.6) is 11.6 Å². The molecule has 1 aromatic heterocycles. The molecular weight excluding hydrogens is 307 g/mol. The van der Waals surface area contributed by atoms with Crippen LogP contribution in [0.4, 0.5) is 10.1 Å². The summed E-state index contributed by atoms with van der Waals surface area (Å²) in [7, 11) is 0. The van der Waals surface area contributed by atoms with Crippen LogP contribution in [-0.4, -0.2) is 21.0 Å². The number of halogens is 2. The van der Waals surface area contributed by atoms with Crippen LogP contribution in [0.15, 0.2) is 30.3 Å². The normalized spacial score (nSPS) is 10.2. The van der Waals surface area contributed by atoms with E-state index in [1.165, 1.54) is 12.1 Å². The molecule has 21 heavy (non-hydrogen) atoms. The molecule has 0 saturated heterocycles. The number of aromatic carboxylic acids is 1. The lowest BCUT2D eigenvalue weighted by Gasteiger charge is -2.06. The summed E-state index contributed by atoms with van der Waals surface area (Å²) in [4.78, 5) is 24.4. The van der Waals surface area contributed by atoms with E-state index in [-0.39, 0.29) is 10.8 Å².